The third kappa shape index (κ3) is 3.57. The molecule has 0 N–H and O–H groups in total. The van der Waals surface area contributed by atoms with E-state index in [1.165, 1.54) is 6.07 Å². The van der Waals surface area contributed by atoms with Crippen molar-refractivity contribution in [3.63, 3.8) is 0 Å². The number of carbonyl (C=O) groups excluding carboxylic acids is 2. The summed E-state index contributed by atoms with van der Waals surface area (Å²) in [6, 6.07) is 3.23. The van der Waals surface area contributed by atoms with Crippen LogP contribution in [0.4, 0.5) is 5.69 Å². The predicted molar refractivity (Wildman–Crippen MR) is 79.5 cm³/mol. The smallest absolute Gasteiger partial charge is 0.338 e. The van der Waals surface area contributed by atoms with Gasteiger partial charge in [-0.25, -0.2) is 9.59 Å². The lowest BCUT2D eigenvalue weighted by Gasteiger charge is -2.06. The van der Waals surface area contributed by atoms with Crippen molar-refractivity contribution in [3.8, 4) is 0 Å². The van der Waals surface area contributed by atoms with E-state index < -0.39 is 22.5 Å². The number of hydrogen-bond donors (Lipinski definition) is 0. The second kappa shape index (κ2) is 6.90. The van der Waals surface area contributed by atoms with Crippen LogP contribution in [0.25, 0.3) is 0 Å². The first-order valence-electron chi connectivity index (χ1n) is 6.80. The number of hydrogen-bond acceptors (Lipinski definition) is 8. The molecule has 2 aromatic rings. The number of nitro benzene ring substituents is 1. The molecule has 126 valence electrons. The highest BCUT2D eigenvalue weighted by Gasteiger charge is 2.20. The van der Waals surface area contributed by atoms with Crippen molar-refractivity contribution in [2.24, 2.45) is 0 Å². The summed E-state index contributed by atoms with van der Waals surface area (Å²) in [4.78, 5) is 34.0. The lowest BCUT2D eigenvalue weighted by atomic mass is 10.1. The third-order valence-corrected chi connectivity index (χ3v) is 3.31. The first-order chi connectivity index (χ1) is 11.3. The molecule has 0 bridgehead atoms. The molecule has 0 aliphatic heterocycles. The summed E-state index contributed by atoms with van der Waals surface area (Å²) in [6.07, 6.45) is 0. The molecule has 2 rings (SSSR count). The molecule has 0 fully saturated rings. The van der Waals surface area contributed by atoms with Crippen LogP contribution in [-0.2, 0) is 16.1 Å². The Bertz CT molecular complexity index is 791. The second-order valence-electron chi connectivity index (χ2n) is 4.90. The Morgan fingerprint density at radius 2 is 1.83 bits per heavy atom. The summed E-state index contributed by atoms with van der Waals surface area (Å²) in [6.45, 7) is 3.27. The molecule has 1 aromatic heterocycles. The van der Waals surface area contributed by atoms with Crippen LogP contribution >= 0.6 is 0 Å². The van der Waals surface area contributed by atoms with Crippen molar-refractivity contribution in [2.45, 2.75) is 20.5 Å². The normalized spacial score (nSPS) is 10.3. The van der Waals surface area contributed by atoms with E-state index in [1.807, 2.05) is 0 Å². The number of aryl methyl sites for hydroxylation is 2. The average molecular weight is 334 g/mol. The lowest BCUT2D eigenvalue weighted by Crippen LogP contribution is -2.10. The molecule has 9 nitrogen and oxygen atoms in total. The maximum absolute atomic E-state index is 12.2. The minimum atomic E-state index is -0.816. The fraction of sp³-hybridized carbons (Fsp3) is 0.267. The summed E-state index contributed by atoms with van der Waals surface area (Å²) < 4.78 is 14.6. The van der Waals surface area contributed by atoms with Crippen LogP contribution in [-0.4, -0.2) is 29.1 Å². The molecular formula is C15H14N2O7. The number of ether oxygens (including phenoxy) is 2. The van der Waals surface area contributed by atoms with Crippen molar-refractivity contribution < 1.29 is 28.5 Å². The Morgan fingerprint density at radius 3 is 2.33 bits per heavy atom. The standard InChI is InChI=1S/C15H14N2O7/c1-8-13(9(2)24-16-8)7-23-15(19)11-4-10(14(18)22-3)5-12(6-11)17(20)21/h4-6H,7H2,1-3H3. The molecule has 0 spiro atoms. The topological polar surface area (TPSA) is 122 Å². The van der Waals surface area contributed by atoms with Gasteiger partial charge in [0.15, 0.2) is 0 Å². The van der Waals surface area contributed by atoms with Gasteiger partial charge in [-0.05, 0) is 19.9 Å². The molecule has 9 heteroatoms. The van der Waals surface area contributed by atoms with E-state index in [-0.39, 0.29) is 17.7 Å². The summed E-state index contributed by atoms with van der Waals surface area (Å²) in [5.74, 6) is -1.10. The van der Waals surface area contributed by atoms with Crippen LogP contribution in [0.15, 0.2) is 22.7 Å². The van der Waals surface area contributed by atoms with Gasteiger partial charge in [-0.1, -0.05) is 5.16 Å². The molecule has 24 heavy (non-hydrogen) atoms. The van der Waals surface area contributed by atoms with Gasteiger partial charge in [0.25, 0.3) is 5.69 Å². The molecule has 0 saturated carbocycles. The summed E-state index contributed by atoms with van der Waals surface area (Å²) in [7, 11) is 1.14. The van der Waals surface area contributed by atoms with Gasteiger partial charge < -0.3 is 14.0 Å². The van der Waals surface area contributed by atoms with E-state index in [0.717, 1.165) is 19.2 Å². The molecule has 0 unspecified atom stereocenters. The van der Waals surface area contributed by atoms with Crippen LogP contribution in [0.2, 0.25) is 0 Å². The van der Waals surface area contributed by atoms with Gasteiger partial charge in [0.05, 0.1) is 34.4 Å². The van der Waals surface area contributed by atoms with Crippen molar-refractivity contribution in [1.82, 2.24) is 5.16 Å². The van der Waals surface area contributed by atoms with Gasteiger partial charge in [0.2, 0.25) is 0 Å². The number of benzene rings is 1. The first kappa shape index (κ1) is 17.1. The van der Waals surface area contributed by atoms with E-state index in [0.29, 0.717) is 17.0 Å². The molecule has 0 aliphatic rings. The predicted octanol–water partition coefficient (Wildman–Crippen LogP) is 2.34. The minimum Gasteiger partial charge on any atom is -0.465 e. The van der Waals surface area contributed by atoms with Gasteiger partial charge in [-0.3, -0.25) is 10.1 Å². The fourth-order valence-electron chi connectivity index (χ4n) is 2.00. The molecule has 0 atom stereocenters. The van der Waals surface area contributed by atoms with Gasteiger partial charge in [0, 0.05) is 12.1 Å². The number of aromatic nitrogens is 1. The van der Waals surface area contributed by atoms with Crippen LogP contribution < -0.4 is 0 Å². The third-order valence-electron chi connectivity index (χ3n) is 3.31. The molecule has 0 aliphatic carbocycles. The zero-order chi connectivity index (χ0) is 17.9. The minimum absolute atomic E-state index is 0.101. The van der Waals surface area contributed by atoms with Gasteiger partial charge in [-0.2, -0.15) is 0 Å². The maximum Gasteiger partial charge on any atom is 0.338 e. The fourth-order valence-corrected chi connectivity index (χ4v) is 2.00. The highest BCUT2D eigenvalue weighted by Crippen LogP contribution is 2.20. The van der Waals surface area contributed by atoms with Crippen molar-refractivity contribution >= 4 is 17.6 Å². The van der Waals surface area contributed by atoms with Crippen LogP contribution in [0.5, 0.6) is 0 Å². The Labute approximate surface area is 136 Å². The van der Waals surface area contributed by atoms with E-state index in [2.05, 4.69) is 9.89 Å². The molecule has 0 amide bonds. The monoisotopic (exact) mass is 334 g/mol. The summed E-state index contributed by atoms with van der Waals surface area (Å²) in [5.41, 5.74) is 0.533. The Balaban J connectivity index is 2.26. The first-order valence-corrected chi connectivity index (χ1v) is 6.80. The van der Waals surface area contributed by atoms with Gasteiger partial charge >= 0.3 is 11.9 Å². The SMILES string of the molecule is COC(=O)c1cc(C(=O)OCc2c(C)noc2C)cc([N+](=O)[O-])c1. The molecule has 1 heterocycles. The highest BCUT2D eigenvalue weighted by atomic mass is 16.6. The largest absolute Gasteiger partial charge is 0.465 e. The van der Waals surface area contributed by atoms with Crippen molar-refractivity contribution in [2.75, 3.05) is 7.11 Å². The van der Waals surface area contributed by atoms with Crippen molar-refractivity contribution in [1.29, 1.82) is 0 Å². The van der Waals surface area contributed by atoms with Crippen molar-refractivity contribution in [3.05, 3.63) is 56.5 Å². The number of methoxy groups -OCH3 is 1. The summed E-state index contributed by atoms with van der Waals surface area (Å²) in [5, 5.41) is 14.7. The Kier molecular flexibility index (Phi) is 4.93. The number of nitrogens with zero attached hydrogens (tertiary/aromatic N) is 2. The highest BCUT2D eigenvalue weighted by molar-refractivity contribution is 5.96. The molecule has 1 aromatic carbocycles. The molecular weight excluding hydrogens is 320 g/mol. The summed E-state index contributed by atoms with van der Waals surface area (Å²) >= 11 is 0. The number of carbonyl (C=O) groups is 2. The number of rotatable bonds is 5. The molecule has 0 saturated heterocycles. The van der Waals surface area contributed by atoms with Gasteiger partial charge in [-0.15, -0.1) is 0 Å². The number of esters is 2. The van der Waals surface area contributed by atoms with Crippen LogP contribution in [0.3, 0.4) is 0 Å². The zero-order valence-electron chi connectivity index (χ0n) is 13.2. The lowest BCUT2D eigenvalue weighted by molar-refractivity contribution is -0.384. The Hall–Kier alpha value is -3.23. The van der Waals surface area contributed by atoms with E-state index in [9.17, 15) is 19.7 Å². The van der Waals surface area contributed by atoms with Crippen LogP contribution in [0, 0.1) is 24.0 Å². The zero-order valence-corrected chi connectivity index (χ0v) is 13.2. The van der Waals surface area contributed by atoms with Gasteiger partial charge in [0.1, 0.15) is 12.4 Å². The Morgan fingerprint density at radius 1 is 1.21 bits per heavy atom. The van der Waals surface area contributed by atoms with E-state index in [1.54, 1.807) is 13.8 Å². The van der Waals surface area contributed by atoms with E-state index in [4.69, 9.17) is 9.26 Å². The van der Waals surface area contributed by atoms with E-state index >= 15 is 0 Å². The second-order valence-corrected chi connectivity index (χ2v) is 4.90. The number of non-ortho nitro benzene ring substituents is 1. The quantitative estimate of drug-likeness (QED) is 0.464. The molecule has 0 radical (unpaired) electrons. The van der Waals surface area contributed by atoms with Crippen LogP contribution in [0.1, 0.15) is 37.7 Å². The number of nitro groups is 1. The average Bonchev–Trinajstić information content (AvgIpc) is 2.89. The maximum atomic E-state index is 12.2.